The van der Waals surface area contributed by atoms with Crippen LogP contribution in [0.4, 0.5) is 11.5 Å². The highest BCUT2D eigenvalue weighted by Gasteiger charge is 2.23. The summed E-state index contributed by atoms with van der Waals surface area (Å²) in [6, 6.07) is 3.30. The molecule has 1 saturated heterocycles. The Morgan fingerprint density at radius 2 is 2.06 bits per heavy atom. The third-order valence-corrected chi connectivity index (χ3v) is 2.43. The molecule has 0 bridgehead atoms. The van der Waals surface area contributed by atoms with E-state index >= 15 is 0 Å². The molecule has 0 aromatic carbocycles. The van der Waals surface area contributed by atoms with Crippen molar-refractivity contribution in [3.63, 3.8) is 0 Å². The van der Waals surface area contributed by atoms with Crippen LogP contribution in [0.5, 0.6) is 5.88 Å². The second-order valence-corrected chi connectivity index (χ2v) is 3.82. The number of piperazine rings is 1. The van der Waals surface area contributed by atoms with Crippen molar-refractivity contribution in [1.29, 1.82) is 0 Å². The summed E-state index contributed by atoms with van der Waals surface area (Å²) in [5.41, 5.74) is 6.13. The topological polar surface area (TPSA) is 97.5 Å². The van der Waals surface area contributed by atoms with E-state index in [0.29, 0.717) is 24.0 Å². The van der Waals surface area contributed by atoms with Gasteiger partial charge in [0, 0.05) is 0 Å². The molecule has 0 saturated carbocycles. The Kier molecular flexibility index (Phi) is 3.31. The highest BCUT2D eigenvalue weighted by Crippen LogP contribution is 2.23. The Balaban J connectivity index is 2.24. The molecule has 0 aliphatic carbocycles. The van der Waals surface area contributed by atoms with Crippen LogP contribution < -0.4 is 20.7 Å². The molecule has 1 aromatic rings. The maximum Gasteiger partial charge on any atom is 0.246 e. The molecule has 2 heterocycles. The molecule has 2 rings (SSSR count). The number of anilines is 2. The van der Waals surface area contributed by atoms with Crippen molar-refractivity contribution in [2.45, 2.75) is 6.92 Å². The van der Waals surface area contributed by atoms with E-state index in [-0.39, 0.29) is 24.9 Å². The number of nitrogen functional groups attached to an aromatic ring is 1. The highest BCUT2D eigenvalue weighted by atomic mass is 16.5. The summed E-state index contributed by atoms with van der Waals surface area (Å²) < 4.78 is 5.27. The summed E-state index contributed by atoms with van der Waals surface area (Å²) >= 11 is 0. The van der Waals surface area contributed by atoms with E-state index in [0.717, 1.165) is 0 Å². The van der Waals surface area contributed by atoms with Gasteiger partial charge in [-0.15, -0.1) is 0 Å². The van der Waals surface area contributed by atoms with Gasteiger partial charge in [-0.25, -0.2) is 0 Å². The maximum absolute atomic E-state index is 11.3. The van der Waals surface area contributed by atoms with Gasteiger partial charge in [0.25, 0.3) is 0 Å². The third-order valence-electron chi connectivity index (χ3n) is 2.43. The van der Waals surface area contributed by atoms with Crippen molar-refractivity contribution in [1.82, 2.24) is 10.3 Å². The number of ether oxygens (including phenoxy) is 1. The second kappa shape index (κ2) is 4.91. The average molecular weight is 250 g/mol. The van der Waals surface area contributed by atoms with Crippen LogP contribution in [0.25, 0.3) is 0 Å². The van der Waals surface area contributed by atoms with Crippen LogP contribution in [0.15, 0.2) is 12.1 Å². The molecule has 7 nitrogen and oxygen atoms in total. The SMILES string of the molecule is CCOc1nc(N2CC(=O)NC(=O)C2)ccc1N. The lowest BCUT2D eigenvalue weighted by molar-refractivity contribution is -0.130. The lowest BCUT2D eigenvalue weighted by atomic mass is 10.3. The molecule has 1 aliphatic heterocycles. The predicted octanol–water partition coefficient (Wildman–Crippen LogP) is -0.475. The summed E-state index contributed by atoms with van der Waals surface area (Å²) in [6.45, 7) is 2.45. The molecule has 0 spiro atoms. The van der Waals surface area contributed by atoms with Crippen LogP contribution in [-0.2, 0) is 9.59 Å². The first kappa shape index (κ1) is 12.2. The predicted molar refractivity (Wildman–Crippen MR) is 65.2 cm³/mol. The molecular formula is C11H14N4O3. The fourth-order valence-corrected chi connectivity index (χ4v) is 1.67. The van der Waals surface area contributed by atoms with Gasteiger partial charge >= 0.3 is 0 Å². The Hall–Kier alpha value is -2.31. The number of nitrogens with two attached hydrogens (primary N) is 1. The van der Waals surface area contributed by atoms with Crippen LogP contribution in [0.2, 0.25) is 0 Å². The van der Waals surface area contributed by atoms with Crippen molar-refractivity contribution < 1.29 is 14.3 Å². The minimum absolute atomic E-state index is 0.0915. The quantitative estimate of drug-likeness (QED) is 0.703. The van der Waals surface area contributed by atoms with Crippen LogP contribution in [-0.4, -0.2) is 36.5 Å². The number of hydrogen-bond donors (Lipinski definition) is 2. The zero-order valence-corrected chi connectivity index (χ0v) is 9.97. The van der Waals surface area contributed by atoms with Crippen LogP contribution in [0.1, 0.15) is 6.92 Å². The molecule has 18 heavy (non-hydrogen) atoms. The Morgan fingerprint density at radius 3 is 2.67 bits per heavy atom. The summed E-state index contributed by atoms with van der Waals surface area (Å²) in [5, 5.41) is 2.23. The van der Waals surface area contributed by atoms with Gasteiger partial charge in [0.2, 0.25) is 17.7 Å². The summed E-state index contributed by atoms with van der Waals surface area (Å²) in [7, 11) is 0. The maximum atomic E-state index is 11.3. The fourth-order valence-electron chi connectivity index (χ4n) is 1.67. The van der Waals surface area contributed by atoms with Crippen molar-refractivity contribution in [2.24, 2.45) is 0 Å². The first-order valence-corrected chi connectivity index (χ1v) is 5.57. The lowest BCUT2D eigenvalue weighted by Gasteiger charge is -2.26. The van der Waals surface area contributed by atoms with Crippen molar-refractivity contribution in [2.75, 3.05) is 30.3 Å². The molecule has 96 valence electrons. The zero-order chi connectivity index (χ0) is 13.1. The number of imide groups is 1. The van der Waals surface area contributed by atoms with Gasteiger partial charge in [0.1, 0.15) is 5.82 Å². The van der Waals surface area contributed by atoms with Crippen LogP contribution in [0, 0.1) is 0 Å². The van der Waals surface area contributed by atoms with E-state index in [1.807, 2.05) is 6.92 Å². The Morgan fingerprint density at radius 1 is 1.39 bits per heavy atom. The van der Waals surface area contributed by atoms with Crippen molar-refractivity contribution >= 4 is 23.3 Å². The molecular weight excluding hydrogens is 236 g/mol. The van der Waals surface area contributed by atoms with Gasteiger partial charge in [0.05, 0.1) is 25.4 Å². The summed E-state index contributed by atoms with van der Waals surface area (Å²) in [4.78, 5) is 28.3. The fraction of sp³-hybridized carbons (Fsp3) is 0.364. The van der Waals surface area contributed by atoms with E-state index in [1.54, 1.807) is 17.0 Å². The van der Waals surface area contributed by atoms with Gasteiger partial charge in [-0.3, -0.25) is 14.9 Å². The summed E-state index contributed by atoms with van der Waals surface area (Å²) in [5.74, 6) is 0.120. The van der Waals surface area contributed by atoms with Crippen molar-refractivity contribution in [3.8, 4) is 5.88 Å². The molecule has 0 unspecified atom stereocenters. The minimum atomic E-state index is -0.345. The Labute approximate surface area is 104 Å². The number of pyridine rings is 1. The number of rotatable bonds is 3. The zero-order valence-electron chi connectivity index (χ0n) is 9.97. The number of hydrogen-bond acceptors (Lipinski definition) is 6. The summed E-state index contributed by atoms with van der Waals surface area (Å²) in [6.07, 6.45) is 0. The van der Waals surface area contributed by atoms with Crippen molar-refractivity contribution in [3.05, 3.63) is 12.1 Å². The van der Waals surface area contributed by atoms with E-state index < -0.39 is 0 Å². The first-order chi connectivity index (χ1) is 8.60. The van der Waals surface area contributed by atoms with Gasteiger partial charge in [-0.05, 0) is 19.1 Å². The van der Waals surface area contributed by atoms with E-state index in [4.69, 9.17) is 10.5 Å². The van der Waals surface area contributed by atoms with E-state index in [9.17, 15) is 9.59 Å². The number of carbonyl (C=O) groups is 2. The average Bonchev–Trinajstić information content (AvgIpc) is 2.31. The molecule has 1 fully saturated rings. The van der Waals surface area contributed by atoms with Gasteiger partial charge in [0.15, 0.2) is 0 Å². The lowest BCUT2D eigenvalue weighted by Crippen LogP contribution is -2.51. The molecule has 2 amide bonds. The molecule has 1 aliphatic rings. The number of carbonyl (C=O) groups excluding carboxylic acids is 2. The molecule has 7 heteroatoms. The van der Waals surface area contributed by atoms with Crippen LogP contribution in [0.3, 0.4) is 0 Å². The highest BCUT2D eigenvalue weighted by molar-refractivity contribution is 6.02. The van der Waals surface area contributed by atoms with Crippen LogP contribution >= 0.6 is 0 Å². The first-order valence-electron chi connectivity index (χ1n) is 5.57. The van der Waals surface area contributed by atoms with Gasteiger partial charge in [-0.2, -0.15) is 4.98 Å². The monoisotopic (exact) mass is 250 g/mol. The second-order valence-electron chi connectivity index (χ2n) is 3.82. The van der Waals surface area contributed by atoms with Gasteiger partial charge < -0.3 is 15.4 Å². The number of nitrogens with one attached hydrogen (secondary N) is 1. The van der Waals surface area contributed by atoms with E-state index in [2.05, 4.69) is 10.3 Å². The molecule has 0 atom stereocenters. The number of amides is 2. The number of nitrogens with zero attached hydrogens (tertiary/aromatic N) is 2. The van der Waals surface area contributed by atoms with E-state index in [1.165, 1.54) is 0 Å². The molecule has 3 N–H and O–H groups in total. The normalized spacial score (nSPS) is 15.5. The third kappa shape index (κ3) is 2.50. The molecule has 0 radical (unpaired) electrons. The minimum Gasteiger partial charge on any atom is -0.476 e. The smallest absolute Gasteiger partial charge is 0.246 e. The van der Waals surface area contributed by atoms with Gasteiger partial charge in [-0.1, -0.05) is 0 Å². The molecule has 1 aromatic heterocycles. The standard InChI is InChI=1S/C11H14N4O3/c1-2-18-11-7(12)3-4-8(13-11)15-5-9(16)14-10(17)6-15/h3-4H,2,5-6,12H2,1H3,(H,14,16,17). The largest absolute Gasteiger partial charge is 0.476 e. The number of aromatic nitrogens is 1. The Bertz CT molecular complexity index is 473.